The van der Waals surface area contributed by atoms with Crippen LogP contribution in [0.1, 0.15) is 22.3 Å². The number of nitrogens with zero attached hydrogens (tertiary/aromatic N) is 1. The van der Waals surface area contributed by atoms with Gasteiger partial charge in [0.15, 0.2) is 0 Å². The van der Waals surface area contributed by atoms with Crippen molar-refractivity contribution in [1.82, 2.24) is 4.90 Å². The largest absolute Gasteiger partial charge is 0.469 e. The molecule has 23 heavy (non-hydrogen) atoms. The molecule has 5 nitrogen and oxygen atoms in total. The van der Waals surface area contributed by atoms with Crippen molar-refractivity contribution < 1.29 is 32.2 Å². The Bertz CT molecular complexity index is 529. The Morgan fingerprint density at radius 2 is 1.70 bits per heavy atom. The van der Waals surface area contributed by atoms with Gasteiger partial charge in [-0.2, -0.15) is 13.2 Å². The molecule has 8 heteroatoms. The topological polar surface area (TPSA) is 55.8 Å². The lowest BCUT2D eigenvalue weighted by molar-refractivity contribution is -0.141. The van der Waals surface area contributed by atoms with E-state index < -0.39 is 23.6 Å². The standard InChI is InChI=1S/C15H18F3NO4/c1-22-10-9-19(8-7-13(20)23-2)14(21)11-3-5-12(6-4-11)15(16,17)18/h3-6H,7-10H2,1-2H3. The number of esters is 1. The Morgan fingerprint density at radius 1 is 1.09 bits per heavy atom. The van der Waals surface area contributed by atoms with Gasteiger partial charge in [0, 0.05) is 25.8 Å². The van der Waals surface area contributed by atoms with Gasteiger partial charge in [0.05, 0.1) is 25.7 Å². The average molecular weight is 333 g/mol. The zero-order valence-electron chi connectivity index (χ0n) is 12.9. The van der Waals surface area contributed by atoms with Gasteiger partial charge < -0.3 is 14.4 Å². The first-order chi connectivity index (χ1) is 10.8. The zero-order chi connectivity index (χ0) is 17.5. The van der Waals surface area contributed by atoms with E-state index in [0.717, 1.165) is 24.3 Å². The minimum absolute atomic E-state index is 0.00735. The van der Waals surface area contributed by atoms with Crippen LogP contribution in [0.3, 0.4) is 0 Å². The number of hydrogen-bond acceptors (Lipinski definition) is 4. The van der Waals surface area contributed by atoms with Crippen molar-refractivity contribution in [3.63, 3.8) is 0 Å². The summed E-state index contributed by atoms with van der Waals surface area (Å²) in [5.41, 5.74) is -0.717. The van der Waals surface area contributed by atoms with Gasteiger partial charge >= 0.3 is 12.1 Å². The number of alkyl halides is 3. The molecule has 1 aromatic carbocycles. The number of amides is 1. The van der Waals surface area contributed by atoms with E-state index in [1.807, 2.05) is 0 Å². The van der Waals surface area contributed by atoms with Crippen LogP contribution < -0.4 is 0 Å². The van der Waals surface area contributed by atoms with E-state index >= 15 is 0 Å². The van der Waals surface area contributed by atoms with Crippen molar-refractivity contribution in [3.8, 4) is 0 Å². The summed E-state index contributed by atoms with van der Waals surface area (Å²) in [6.45, 7) is 0.552. The lowest BCUT2D eigenvalue weighted by Crippen LogP contribution is -2.35. The molecule has 0 spiro atoms. The number of methoxy groups -OCH3 is 2. The van der Waals surface area contributed by atoms with Gasteiger partial charge in [-0.15, -0.1) is 0 Å². The molecule has 0 aliphatic heterocycles. The number of ether oxygens (including phenoxy) is 2. The van der Waals surface area contributed by atoms with E-state index in [4.69, 9.17) is 4.74 Å². The Kier molecular flexibility index (Phi) is 7.02. The summed E-state index contributed by atoms with van der Waals surface area (Å²) in [5.74, 6) is -0.952. The molecule has 0 heterocycles. The van der Waals surface area contributed by atoms with Crippen LogP contribution in [-0.4, -0.2) is 50.7 Å². The fourth-order valence-corrected chi connectivity index (χ4v) is 1.83. The third-order valence-electron chi connectivity index (χ3n) is 3.13. The van der Waals surface area contributed by atoms with E-state index in [2.05, 4.69) is 4.74 Å². The third kappa shape index (κ3) is 5.90. The molecular weight excluding hydrogens is 315 g/mol. The molecule has 0 bridgehead atoms. The second-order valence-electron chi connectivity index (χ2n) is 4.69. The SMILES string of the molecule is COCCN(CCC(=O)OC)C(=O)c1ccc(C(F)(F)F)cc1. The molecule has 128 valence electrons. The second-order valence-corrected chi connectivity index (χ2v) is 4.69. The Labute approximate surface area is 132 Å². The summed E-state index contributed by atoms with van der Waals surface area (Å²) >= 11 is 0. The van der Waals surface area contributed by atoms with Gasteiger partial charge in [-0.1, -0.05) is 0 Å². The van der Waals surface area contributed by atoms with Crippen LogP contribution in [0.5, 0.6) is 0 Å². The summed E-state index contributed by atoms with van der Waals surface area (Å²) in [5, 5.41) is 0. The predicted octanol–water partition coefficient (Wildman–Crippen LogP) is 2.36. The maximum Gasteiger partial charge on any atom is 0.416 e. The minimum atomic E-state index is -4.46. The van der Waals surface area contributed by atoms with Crippen LogP contribution in [0, 0.1) is 0 Å². The Morgan fingerprint density at radius 3 is 2.17 bits per heavy atom. The Balaban J connectivity index is 2.84. The smallest absolute Gasteiger partial charge is 0.416 e. The number of halogens is 3. The first-order valence-corrected chi connectivity index (χ1v) is 6.82. The quantitative estimate of drug-likeness (QED) is 0.719. The van der Waals surface area contributed by atoms with Crippen molar-refractivity contribution >= 4 is 11.9 Å². The van der Waals surface area contributed by atoms with Crippen molar-refractivity contribution in [2.24, 2.45) is 0 Å². The van der Waals surface area contributed by atoms with Crippen LogP contribution in [-0.2, 0) is 20.4 Å². The monoisotopic (exact) mass is 333 g/mol. The van der Waals surface area contributed by atoms with Crippen LogP contribution in [0.2, 0.25) is 0 Å². The van der Waals surface area contributed by atoms with Crippen molar-refractivity contribution in [3.05, 3.63) is 35.4 Å². The lowest BCUT2D eigenvalue weighted by atomic mass is 10.1. The summed E-state index contributed by atoms with van der Waals surface area (Å²) in [6, 6.07) is 3.93. The van der Waals surface area contributed by atoms with Crippen LogP contribution in [0.4, 0.5) is 13.2 Å². The molecule has 1 rings (SSSR count). The summed E-state index contributed by atoms with van der Waals surface area (Å²) in [6.07, 6.45) is -4.46. The molecule has 0 radical (unpaired) electrons. The normalized spacial score (nSPS) is 11.2. The molecule has 1 amide bonds. The van der Waals surface area contributed by atoms with Crippen molar-refractivity contribution in [2.75, 3.05) is 33.9 Å². The van der Waals surface area contributed by atoms with Gasteiger partial charge in [-0.3, -0.25) is 9.59 Å². The van der Waals surface area contributed by atoms with E-state index in [1.54, 1.807) is 0 Å². The van der Waals surface area contributed by atoms with Crippen molar-refractivity contribution in [2.45, 2.75) is 12.6 Å². The summed E-state index contributed by atoms with van der Waals surface area (Å²) in [4.78, 5) is 24.9. The fourth-order valence-electron chi connectivity index (χ4n) is 1.83. The molecule has 0 aliphatic rings. The van der Waals surface area contributed by atoms with Gasteiger partial charge in [0.25, 0.3) is 5.91 Å². The number of carbonyl (C=O) groups is 2. The van der Waals surface area contributed by atoms with Gasteiger partial charge in [0.2, 0.25) is 0 Å². The minimum Gasteiger partial charge on any atom is -0.469 e. The second kappa shape index (κ2) is 8.52. The van der Waals surface area contributed by atoms with E-state index in [-0.39, 0.29) is 31.7 Å². The van der Waals surface area contributed by atoms with E-state index in [0.29, 0.717) is 0 Å². The van der Waals surface area contributed by atoms with Gasteiger partial charge in [-0.25, -0.2) is 0 Å². The highest BCUT2D eigenvalue weighted by Gasteiger charge is 2.30. The third-order valence-corrected chi connectivity index (χ3v) is 3.13. The van der Waals surface area contributed by atoms with Crippen LogP contribution in [0.25, 0.3) is 0 Å². The molecule has 0 fully saturated rings. The van der Waals surface area contributed by atoms with E-state index in [1.165, 1.54) is 19.1 Å². The maximum atomic E-state index is 12.5. The number of rotatable bonds is 7. The van der Waals surface area contributed by atoms with Crippen LogP contribution in [0.15, 0.2) is 24.3 Å². The maximum absolute atomic E-state index is 12.5. The molecule has 0 aliphatic carbocycles. The van der Waals surface area contributed by atoms with Crippen LogP contribution >= 0.6 is 0 Å². The summed E-state index contributed by atoms with van der Waals surface area (Å²) < 4.78 is 47.0. The zero-order valence-corrected chi connectivity index (χ0v) is 12.9. The van der Waals surface area contributed by atoms with E-state index in [9.17, 15) is 22.8 Å². The van der Waals surface area contributed by atoms with Gasteiger partial charge in [0.1, 0.15) is 0 Å². The predicted molar refractivity (Wildman–Crippen MR) is 75.9 cm³/mol. The molecule has 0 saturated heterocycles. The molecule has 0 saturated carbocycles. The first-order valence-electron chi connectivity index (χ1n) is 6.82. The molecule has 0 aromatic heterocycles. The molecule has 1 aromatic rings. The highest BCUT2D eigenvalue weighted by Crippen LogP contribution is 2.29. The Hall–Kier alpha value is -2.09. The molecule has 0 atom stereocenters. The number of hydrogen-bond donors (Lipinski definition) is 0. The lowest BCUT2D eigenvalue weighted by Gasteiger charge is -2.22. The highest BCUT2D eigenvalue weighted by molar-refractivity contribution is 5.94. The number of carbonyl (C=O) groups excluding carboxylic acids is 2. The summed E-state index contributed by atoms with van der Waals surface area (Å²) in [7, 11) is 2.70. The first kappa shape index (κ1) is 19.0. The van der Waals surface area contributed by atoms with Crippen molar-refractivity contribution in [1.29, 1.82) is 0 Å². The molecular formula is C15H18F3NO4. The molecule has 0 unspecified atom stereocenters. The number of benzene rings is 1. The fraction of sp³-hybridized carbons (Fsp3) is 0.467. The average Bonchev–Trinajstić information content (AvgIpc) is 2.53. The van der Waals surface area contributed by atoms with Gasteiger partial charge in [-0.05, 0) is 24.3 Å². The molecule has 0 N–H and O–H groups in total. The highest BCUT2D eigenvalue weighted by atomic mass is 19.4.